The van der Waals surface area contributed by atoms with Crippen LogP contribution in [0.5, 0.6) is 5.75 Å². The number of hydrogen-bond acceptors (Lipinski definition) is 7. The molecule has 0 saturated heterocycles. The van der Waals surface area contributed by atoms with Crippen molar-refractivity contribution in [1.29, 1.82) is 5.26 Å². The summed E-state index contributed by atoms with van der Waals surface area (Å²) in [5, 5.41) is 18.3. The molecule has 3 rings (SSSR count). The molecule has 2 aromatic heterocycles. The Morgan fingerprint density at radius 3 is 2.83 bits per heavy atom. The van der Waals surface area contributed by atoms with Crippen LogP contribution in [0.2, 0.25) is 0 Å². The van der Waals surface area contributed by atoms with Gasteiger partial charge in [-0.2, -0.15) is 5.26 Å². The van der Waals surface area contributed by atoms with Gasteiger partial charge in [-0.25, -0.2) is 4.98 Å². The van der Waals surface area contributed by atoms with E-state index in [1.165, 1.54) is 22.7 Å². The first-order valence-corrected chi connectivity index (χ1v) is 10.5. The van der Waals surface area contributed by atoms with Gasteiger partial charge in [-0.1, -0.05) is 18.2 Å². The number of nitriles is 1. The van der Waals surface area contributed by atoms with Gasteiger partial charge < -0.3 is 15.4 Å². The van der Waals surface area contributed by atoms with Gasteiger partial charge in [0.25, 0.3) is 0 Å². The van der Waals surface area contributed by atoms with Crippen LogP contribution in [0.1, 0.15) is 16.1 Å². The average molecular weight is 427 g/mol. The number of thiazole rings is 1. The Bertz CT molecular complexity index is 1010. The number of rotatable bonds is 9. The molecule has 0 bridgehead atoms. The Morgan fingerprint density at radius 1 is 1.14 bits per heavy atom. The van der Waals surface area contributed by atoms with Gasteiger partial charge in [-0.15, -0.1) is 22.7 Å². The van der Waals surface area contributed by atoms with Crippen LogP contribution in [0.3, 0.4) is 0 Å². The quantitative estimate of drug-likeness (QED) is 0.547. The van der Waals surface area contributed by atoms with Crippen molar-refractivity contribution in [2.45, 2.75) is 19.4 Å². The maximum absolute atomic E-state index is 12.2. The number of nitrogens with one attached hydrogen (secondary N) is 2. The van der Waals surface area contributed by atoms with Gasteiger partial charge in [0, 0.05) is 16.8 Å². The van der Waals surface area contributed by atoms with Crippen molar-refractivity contribution >= 4 is 39.6 Å². The molecular formula is C20H18N4O3S2. The maximum atomic E-state index is 12.2. The number of carbonyl (C=O) groups excluding carboxylic acids is 2. The zero-order valence-corrected chi connectivity index (χ0v) is 17.0. The number of hydrogen-bond donors (Lipinski definition) is 2. The highest BCUT2D eigenvalue weighted by atomic mass is 32.1. The van der Waals surface area contributed by atoms with E-state index in [4.69, 9.17) is 10.00 Å². The zero-order chi connectivity index (χ0) is 20.5. The third-order valence-corrected chi connectivity index (χ3v) is 5.43. The normalized spacial score (nSPS) is 10.2. The maximum Gasteiger partial charge on any atom is 0.231 e. The molecule has 2 amide bonds. The molecule has 0 radical (unpaired) electrons. The summed E-state index contributed by atoms with van der Waals surface area (Å²) in [6.07, 6.45) is 0.437. The fourth-order valence-electron chi connectivity index (χ4n) is 2.47. The Morgan fingerprint density at radius 2 is 2.03 bits per heavy atom. The second-order valence-electron chi connectivity index (χ2n) is 6.00. The molecule has 0 atom stereocenters. The summed E-state index contributed by atoms with van der Waals surface area (Å²) in [6, 6.07) is 12.9. The molecule has 1 aromatic carbocycles. The number of carbonyl (C=O) groups is 2. The smallest absolute Gasteiger partial charge is 0.231 e. The highest BCUT2D eigenvalue weighted by Crippen LogP contribution is 2.17. The molecule has 3 aromatic rings. The van der Waals surface area contributed by atoms with Crippen LogP contribution in [-0.2, 0) is 29.0 Å². The summed E-state index contributed by atoms with van der Waals surface area (Å²) in [5.41, 5.74) is 1.47. The molecule has 29 heavy (non-hydrogen) atoms. The first-order chi connectivity index (χ1) is 14.1. The molecule has 0 saturated carbocycles. The average Bonchev–Trinajstić information content (AvgIpc) is 3.37. The van der Waals surface area contributed by atoms with Gasteiger partial charge >= 0.3 is 0 Å². The van der Waals surface area contributed by atoms with Gasteiger partial charge in [0.1, 0.15) is 11.8 Å². The van der Waals surface area contributed by atoms with Crippen molar-refractivity contribution in [1.82, 2.24) is 10.3 Å². The summed E-state index contributed by atoms with van der Waals surface area (Å²) >= 11 is 2.82. The van der Waals surface area contributed by atoms with Crippen LogP contribution in [0.4, 0.5) is 5.13 Å². The van der Waals surface area contributed by atoms with Crippen LogP contribution in [-0.4, -0.2) is 23.4 Å². The summed E-state index contributed by atoms with van der Waals surface area (Å²) in [7, 11) is 0. The lowest BCUT2D eigenvalue weighted by atomic mass is 10.2. The molecule has 148 valence electrons. The van der Waals surface area contributed by atoms with Crippen molar-refractivity contribution in [3.8, 4) is 11.8 Å². The first kappa shape index (κ1) is 20.5. The van der Waals surface area contributed by atoms with Gasteiger partial charge in [0.15, 0.2) is 11.7 Å². The number of aromatic nitrogens is 1. The van der Waals surface area contributed by atoms with Crippen molar-refractivity contribution < 1.29 is 14.3 Å². The van der Waals surface area contributed by atoms with E-state index in [-0.39, 0.29) is 24.8 Å². The monoisotopic (exact) mass is 426 g/mol. The van der Waals surface area contributed by atoms with Crippen LogP contribution in [0.25, 0.3) is 0 Å². The molecule has 2 N–H and O–H groups in total. The van der Waals surface area contributed by atoms with Crippen LogP contribution >= 0.6 is 22.7 Å². The van der Waals surface area contributed by atoms with E-state index < -0.39 is 0 Å². The van der Waals surface area contributed by atoms with E-state index in [9.17, 15) is 9.59 Å². The van der Waals surface area contributed by atoms with Crippen LogP contribution in [0, 0.1) is 11.3 Å². The third kappa shape index (κ3) is 6.71. The largest absolute Gasteiger partial charge is 0.479 e. The molecule has 0 unspecified atom stereocenters. The second kappa shape index (κ2) is 10.4. The minimum atomic E-state index is -0.171. The fraction of sp³-hybridized carbons (Fsp3) is 0.200. The lowest BCUT2D eigenvalue weighted by Gasteiger charge is -2.07. The highest BCUT2D eigenvalue weighted by Gasteiger charge is 2.11. The van der Waals surface area contributed by atoms with Gasteiger partial charge in [0.05, 0.1) is 18.5 Å². The minimum absolute atomic E-state index is 0.0220. The number of anilines is 1. The van der Waals surface area contributed by atoms with E-state index in [1.807, 2.05) is 29.6 Å². The van der Waals surface area contributed by atoms with E-state index in [1.54, 1.807) is 23.6 Å². The summed E-state index contributed by atoms with van der Waals surface area (Å²) in [4.78, 5) is 29.5. The molecule has 7 nitrogen and oxygen atoms in total. The SMILES string of the molecule is N#CCOc1cccc(CNC(=O)Cc2csc(NC(=O)Cc3cccs3)n2)c1. The Balaban J connectivity index is 1.45. The van der Waals surface area contributed by atoms with Gasteiger partial charge in [0.2, 0.25) is 11.8 Å². The summed E-state index contributed by atoms with van der Waals surface area (Å²) in [5.74, 6) is 0.284. The predicted molar refractivity (Wildman–Crippen MR) is 112 cm³/mol. The number of thiophene rings is 1. The van der Waals surface area contributed by atoms with Crippen LogP contribution in [0.15, 0.2) is 47.2 Å². The minimum Gasteiger partial charge on any atom is -0.479 e. The molecule has 0 fully saturated rings. The van der Waals surface area contributed by atoms with Gasteiger partial charge in [-0.3, -0.25) is 9.59 Å². The van der Waals surface area contributed by atoms with Crippen molar-refractivity contribution in [3.63, 3.8) is 0 Å². The fourth-order valence-corrected chi connectivity index (χ4v) is 3.90. The molecule has 0 aliphatic heterocycles. The molecule has 0 aliphatic carbocycles. The number of ether oxygens (including phenoxy) is 1. The van der Waals surface area contributed by atoms with E-state index >= 15 is 0 Å². The van der Waals surface area contributed by atoms with Crippen LogP contribution < -0.4 is 15.4 Å². The van der Waals surface area contributed by atoms with Crippen molar-refractivity contribution in [2.75, 3.05) is 11.9 Å². The molecular weight excluding hydrogens is 408 g/mol. The van der Waals surface area contributed by atoms with Crippen molar-refractivity contribution in [2.24, 2.45) is 0 Å². The molecule has 0 aliphatic rings. The molecule has 2 heterocycles. The summed E-state index contributed by atoms with van der Waals surface area (Å²) in [6.45, 7) is 0.322. The lowest BCUT2D eigenvalue weighted by molar-refractivity contribution is -0.120. The summed E-state index contributed by atoms with van der Waals surface area (Å²) < 4.78 is 5.25. The number of benzene rings is 1. The van der Waals surface area contributed by atoms with Crippen molar-refractivity contribution in [3.05, 3.63) is 63.3 Å². The standard InChI is InChI=1S/C20H18N4O3S2/c21-6-7-27-16-4-1-3-14(9-16)12-22-18(25)10-15-13-29-20(23-15)24-19(26)11-17-5-2-8-28-17/h1-5,8-9,13H,7,10-12H2,(H,22,25)(H,23,24,26). The predicted octanol–water partition coefficient (Wildman–Crippen LogP) is 3.15. The highest BCUT2D eigenvalue weighted by molar-refractivity contribution is 7.14. The third-order valence-electron chi connectivity index (χ3n) is 3.75. The Hall–Kier alpha value is -3.22. The second-order valence-corrected chi connectivity index (χ2v) is 7.89. The Kier molecular flexibility index (Phi) is 7.33. The first-order valence-electron chi connectivity index (χ1n) is 8.74. The number of nitrogens with zero attached hydrogens (tertiary/aromatic N) is 2. The Labute approximate surface area is 176 Å². The molecule has 9 heteroatoms. The van der Waals surface area contributed by atoms with Gasteiger partial charge in [-0.05, 0) is 29.1 Å². The lowest BCUT2D eigenvalue weighted by Crippen LogP contribution is -2.24. The van der Waals surface area contributed by atoms with E-state index in [0.717, 1.165) is 10.4 Å². The zero-order valence-electron chi connectivity index (χ0n) is 15.4. The van der Waals surface area contributed by atoms with E-state index in [2.05, 4.69) is 15.6 Å². The van der Waals surface area contributed by atoms with E-state index in [0.29, 0.717) is 29.5 Å². The number of amides is 2. The molecule has 0 spiro atoms. The topological polar surface area (TPSA) is 104 Å².